The van der Waals surface area contributed by atoms with Crippen LogP contribution in [0.25, 0.3) is 0 Å². The lowest BCUT2D eigenvalue weighted by Gasteiger charge is -1.94. The van der Waals surface area contributed by atoms with Gasteiger partial charge in [0.05, 0.1) is 19.0 Å². The molecule has 0 amide bonds. The Morgan fingerprint density at radius 1 is 0.952 bits per heavy atom. The number of ether oxygens (including phenoxy) is 1. The number of nitrogens with zero attached hydrogens (tertiary/aromatic N) is 4. The highest BCUT2D eigenvalue weighted by molar-refractivity contribution is 5.09. The van der Waals surface area contributed by atoms with E-state index >= 15 is 0 Å². The molecule has 0 aliphatic heterocycles. The summed E-state index contributed by atoms with van der Waals surface area (Å²) in [7, 11) is 1.57. The van der Waals surface area contributed by atoms with E-state index in [1.54, 1.807) is 25.6 Å². The predicted octanol–water partition coefficient (Wildman–Crippen LogP) is 3.89. The van der Waals surface area contributed by atoms with Gasteiger partial charge >= 0.3 is 0 Å². The molecular formula is C16H28N4O. The van der Waals surface area contributed by atoms with Gasteiger partial charge in [0.1, 0.15) is 0 Å². The van der Waals surface area contributed by atoms with Crippen LogP contribution in [0.5, 0.6) is 5.88 Å². The average Bonchev–Trinajstić information content (AvgIpc) is 2.60. The van der Waals surface area contributed by atoms with Crippen molar-refractivity contribution in [2.24, 2.45) is 0 Å². The summed E-state index contributed by atoms with van der Waals surface area (Å²) in [5, 5.41) is 14.8. The van der Waals surface area contributed by atoms with Crippen molar-refractivity contribution in [1.82, 2.24) is 20.4 Å². The average molecular weight is 292 g/mol. The van der Waals surface area contributed by atoms with E-state index in [0.29, 0.717) is 5.88 Å². The third kappa shape index (κ3) is 11.5. The Kier molecular flexibility index (Phi) is 16.2. The highest BCUT2D eigenvalue weighted by Crippen LogP contribution is 2.01. The molecule has 21 heavy (non-hydrogen) atoms. The highest BCUT2D eigenvalue weighted by atomic mass is 16.5. The van der Waals surface area contributed by atoms with Crippen LogP contribution in [-0.2, 0) is 6.42 Å². The van der Waals surface area contributed by atoms with Gasteiger partial charge in [0.15, 0.2) is 0 Å². The SMILES string of the molecule is CC.CC.CCc1ccnnc1.COc1ccc(C)nn1. The Balaban J connectivity index is 0. The third-order valence-electron chi connectivity index (χ3n) is 2.04. The van der Waals surface area contributed by atoms with Crippen LogP contribution in [-0.4, -0.2) is 27.5 Å². The van der Waals surface area contributed by atoms with E-state index in [-0.39, 0.29) is 0 Å². The van der Waals surface area contributed by atoms with Gasteiger partial charge in [-0.15, -0.1) is 5.10 Å². The molecule has 0 radical (unpaired) electrons. The Labute approximate surface area is 128 Å². The van der Waals surface area contributed by atoms with E-state index in [1.165, 1.54) is 5.56 Å². The molecule has 2 heterocycles. The first-order chi connectivity index (χ1) is 10.3. The molecule has 0 aromatic carbocycles. The van der Waals surface area contributed by atoms with Crippen molar-refractivity contribution in [3.63, 3.8) is 0 Å². The summed E-state index contributed by atoms with van der Waals surface area (Å²) in [6.45, 7) is 12.0. The zero-order valence-electron chi connectivity index (χ0n) is 14.3. The first kappa shape index (κ1) is 21.3. The molecule has 0 atom stereocenters. The van der Waals surface area contributed by atoms with Crippen LogP contribution in [0.1, 0.15) is 45.9 Å². The molecular weight excluding hydrogens is 264 g/mol. The van der Waals surface area contributed by atoms with Gasteiger partial charge in [0, 0.05) is 12.3 Å². The number of aryl methyl sites for hydroxylation is 2. The van der Waals surface area contributed by atoms with Crippen molar-refractivity contribution >= 4 is 0 Å². The lowest BCUT2D eigenvalue weighted by atomic mass is 10.2. The van der Waals surface area contributed by atoms with Crippen LogP contribution in [0.2, 0.25) is 0 Å². The maximum Gasteiger partial charge on any atom is 0.233 e. The third-order valence-corrected chi connectivity index (χ3v) is 2.04. The van der Waals surface area contributed by atoms with E-state index in [2.05, 4.69) is 27.3 Å². The van der Waals surface area contributed by atoms with Crippen LogP contribution in [0.3, 0.4) is 0 Å². The topological polar surface area (TPSA) is 60.8 Å². The van der Waals surface area contributed by atoms with Crippen molar-refractivity contribution in [2.75, 3.05) is 7.11 Å². The normalized spacial score (nSPS) is 7.95. The summed E-state index contributed by atoms with van der Waals surface area (Å²) < 4.78 is 4.80. The summed E-state index contributed by atoms with van der Waals surface area (Å²) in [5.41, 5.74) is 2.14. The van der Waals surface area contributed by atoms with Gasteiger partial charge in [-0.05, 0) is 31.0 Å². The smallest absolute Gasteiger partial charge is 0.233 e. The van der Waals surface area contributed by atoms with Gasteiger partial charge in [-0.1, -0.05) is 34.6 Å². The number of aromatic nitrogens is 4. The monoisotopic (exact) mass is 292 g/mol. The van der Waals surface area contributed by atoms with Gasteiger partial charge in [0.25, 0.3) is 0 Å². The molecule has 2 rings (SSSR count). The quantitative estimate of drug-likeness (QED) is 0.840. The number of rotatable bonds is 2. The second kappa shape index (κ2) is 16.0. The molecule has 0 fully saturated rings. The maximum absolute atomic E-state index is 4.80. The molecule has 0 spiro atoms. The summed E-state index contributed by atoms with van der Waals surface area (Å²) in [6, 6.07) is 5.60. The molecule has 0 saturated carbocycles. The Bertz CT molecular complexity index is 418. The zero-order valence-corrected chi connectivity index (χ0v) is 14.3. The number of methoxy groups -OCH3 is 1. The lowest BCUT2D eigenvalue weighted by molar-refractivity contribution is 0.391. The number of hydrogen-bond acceptors (Lipinski definition) is 5. The zero-order chi connectivity index (χ0) is 16.5. The van der Waals surface area contributed by atoms with Crippen molar-refractivity contribution in [1.29, 1.82) is 0 Å². The molecule has 2 aromatic heterocycles. The molecule has 5 heteroatoms. The second-order valence-corrected chi connectivity index (χ2v) is 3.32. The molecule has 0 unspecified atom stereocenters. The molecule has 5 nitrogen and oxygen atoms in total. The molecule has 118 valence electrons. The van der Waals surface area contributed by atoms with Gasteiger partial charge in [0.2, 0.25) is 5.88 Å². The van der Waals surface area contributed by atoms with Crippen LogP contribution >= 0.6 is 0 Å². The van der Waals surface area contributed by atoms with Crippen molar-refractivity contribution < 1.29 is 4.74 Å². The standard InChI is InChI=1S/C6H8N2O.C6H8N2.2C2H6/c1-5-3-4-6(9-2)8-7-5;1-2-6-3-4-7-8-5-6;2*1-2/h3-4H,1-2H3;3-5H,2H2,1H3;2*1-2H3. The van der Waals surface area contributed by atoms with E-state index in [0.717, 1.165) is 12.1 Å². The highest BCUT2D eigenvalue weighted by Gasteiger charge is 1.89. The largest absolute Gasteiger partial charge is 0.480 e. The predicted molar refractivity (Wildman–Crippen MR) is 87.4 cm³/mol. The van der Waals surface area contributed by atoms with E-state index in [9.17, 15) is 0 Å². The van der Waals surface area contributed by atoms with Gasteiger partial charge in [-0.3, -0.25) is 0 Å². The lowest BCUT2D eigenvalue weighted by Crippen LogP contribution is -1.90. The Morgan fingerprint density at radius 3 is 1.95 bits per heavy atom. The van der Waals surface area contributed by atoms with E-state index < -0.39 is 0 Å². The summed E-state index contributed by atoms with van der Waals surface area (Å²) in [5.74, 6) is 0.556. The van der Waals surface area contributed by atoms with Crippen LogP contribution in [0.4, 0.5) is 0 Å². The maximum atomic E-state index is 4.80. The molecule has 0 aliphatic carbocycles. The van der Waals surface area contributed by atoms with Crippen molar-refractivity contribution in [3.8, 4) is 5.88 Å². The van der Waals surface area contributed by atoms with E-state index in [1.807, 2.05) is 46.8 Å². The fraction of sp³-hybridized carbons (Fsp3) is 0.500. The van der Waals surface area contributed by atoms with Crippen molar-refractivity contribution in [2.45, 2.75) is 48.0 Å². The van der Waals surface area contributed by atoms with Gasteiger partial charge in [-0.25, -0.2) is 0 Å². The Morgan fingerprint density at radius 2 is 1.62 bits per heavy atom. The van der Waals surface area contributed by atoms with Crippen LogP contribution < -0.4 is 4.74 Å². The number of hydrogen-bond donors (Lipinski definition) is 0. The fourth-order valence-electron chi connectivity index (χ4n) is 1.02. The molecule has 0 saturated heterocycles. The molecule has 0 bridgehead atoms. The Hall–Kier alpha value is -2.04. The first-order valence-electron chi connectivity index (χ1n) is 7.36. The summed E-state index contributed by atoms with van der Waals surface area (Å²) >= 11 is 0. The second-order valence-electron chi connectivity index (χ2n) is 3.32. The molecule has 0 N–H and O–H groups in total. The fourth-order valence-corrected chi connectivity index (χ4v) is 1.02. The minimum absolute atomic E-state index is 0.556. The minimum Gasteiger partial charge on any atom is -0.480 e. The van der Waals surface area contributed by atoms with Crippen LogP contribution in [0, 0.1) is 6.92 Å². The van der Waals surface area contributed by atoms with Gasteiger partial charge < -0.3 is 4.74 Å². The minimum atomic E-state index is 0.556. The molecule has 2 aromatic rings. The molecule has 0 aliphatic rings. The van der Waals surface area contributed by atoms with E-state index in [4.69, 9.17) is 4.74 Å². The van der Waals surface area contributed by atoms with Gasteiger partial charge in [-0.2, -0.15) is 15.3 Å². The summed E-state index contributed by atoms with van der Waals surface area (Å²) in [6.07, 6.45) is 4.52. The first-order valence-corrected chi connectivity index (χ1v) is 7.36. The summed E-state index contributed by atoms with van der Waals surface area (Å²) in [4.78, 5) is 0. The van der Waals surface area contributed by atoms with Crippen LogP contribution in [0.15, 0.2) is 30.6 Å². The van der Waals surface area contributed by atoms with Crippen molar-refractivity contribution in [3.05, 3.63) is 41.9 Å².